The average molecular weight is 255 g/mol. The van der Waals surface area contributed by atoms with E-state index >= 15 is 0 Å². The standard InChI is InChI=1S/C14H25NO3/c1-2-18-14(17)13(10-6-7-11-15)9-5-3-4-8-12-16/h13,16H,2-10,12H2,1H3. The summed E-state index contributed by atoms with van der Waals surface area (Å²) in [4.78, 5) is 11.7. The van der Waals surface area contributed by atoms with Crippen molar-refractivity contribution in [3.8, 4) is 6.07 Å². The predicted molar refractivity (Wildman–Crippen MR) is 69.8 cm³/mol. The Morgan fingerprint density at radius 3 is 2.50 bits per heavy atom. The fraction of sp³-hybridized carbons (Fsp3) is 0.857. The van der Waals surface area contributed by atoms with E-state index in [0.717, 1.165) is 44.9 Å². The number of nitrogens with zero attached hydrogens (tertiary/aromatic N) is 1. The van der Waals surface area contributed by atoms with Gasteiger partial charge < -0.3 is 9.84 Å². The lowest BCUT2D eigenvalue weighted by Crippen LogP contribution is -2.18. The van der Waals surface area contributed by atoms with Gasteiger partial charge in [-0.25, -0.2) is 0 Å². The lowest BCUT2D eigenvalue weighted by Gasteiger charge is -2.14. The van der Waals surface area contributed by atoms with E-state index in [-0.39, 0.29) is 18.5 Å². The highest BCUT2D eigenvalue weighted by molar-refractivity contribution is 5.72. The first kappa shape index (κ1) is 16.9. The molecule has 0 aromatic rings. The Kier molecular flexibility index (Phi) is 11.6. The fourth-order valence-electron chi connectivity index (χ4n) is 1.92. The van der Waals surface area contributed by atoms with E-state index in [2.05, 4.69) is 6.07 Å². The molecule has 4 nitrogen and oxygen atoms in total. The smallest absolute Gasteiger partial charge is 0.308 e. The molecule has 0 spiro atoms. The molecule has 1 unspecified atom stereocenters. The van der Waals surface area contributed by atoms with E-state index in [1.165, 1.54) is 0 Å². The second-order valence-electron chi connectivity index (χ2n) is 4.43. The van der Waals surface area contributed by atoms with E-state index in [4.69, 9.17) is 15.1 Å². The minimum Gasteiger partial charge on any atom is -0.466 e. The Bertz CT molecular complexity index is 248. The van der Waals surface area contributed by atoms with Gasteiger partial charge in [-0.15, -0.1) is 0 Å². The number of ether oxygens (including phenoxy) is 1. The summed E-state index contributed by atoms with van der Waals surface area (Å²) in [6, 6.07) is 2.10. The van der Waals surface area contributed by atoms with Gasteiger partial charge >= 0.3 is 5.97 Å². The van der Waals surface area contributed by atoms with Gasteiger partial charge in [0.2, 0.25) is 0 Å². The molecule has 0 aromatic heterocycles. The van der Waals surface area contributed by atoms with Gasteiger partial charge in [-0.1, -0.05) is 19.3 Å². The highest BCUT2D eigenvalue weighted by Crippen LogP contribution is 2.18. The molecular formula is C14H25NO3. The van der Waals surface area contributed by atoms with Gasteiger partial charge in [0.1, 0.15) is 0 Å². The number of unbranched alkanes of at least 4 members (excludes halogenated alkanes) is 4. The van der Waals surface area contributed by atoms with E-state index < -0.39 is 0 Å². The molecular weight excluding hydrogens is 230 g/mol. The van der Waals surface area contributed by atoms with E-state index in [9.17, 15) is 4.79 Å². The number of esters is 1. The molecule has 0 amide bonds. The Labute approximate surface area is 110 Å². The minimum atomic E-state index is -0.127. The largest absolute Gasteiger partial charge is 0.466 e. The van der Waals surface area contributed by atoms with Crippen molar-refractivity contribution in [1.29, 1.82) is 5.26 Å². The van der Waals surface area contributed by atoms with Crippen LogP contribution in [0.1, 0.15) is 58.3 Å². The van der Waals surface area contributed by atoms with Gasteiger partial charge in [0, 0.05) is 13.0 Å². The third-order valence-corrected chi connectivity index (χ3v) is 2.92. The Balaban J connectivity index is 3.89. The van der Waals surface area contributed by atoms with Crippen molar-refractivity contribution in [3.63, 3.8) is 0 Å². The average Bonchev–Trinajstić information content (AvgIpc) is 2.37. The number of rotatable bonds is 11. The van der Waals surface area contributed by atoms with Crippen LogP contribution in [0.15, 0.2) is 0 Å². The zero-order valence-electron chi connectivity index (χ0n) is 11.4. The number of hydrogen-bond acceptors (Lipinski definition) is 4. The fourth-order valence-corrected chi connectivity index (χ4v) is 1.92. The Morgan fingerprint density at radius 2 is 1.89 bits per heavy atom. The molecule has 0 aliphatic heterocycles. The second kappa shape index (κ2) is 12.4. The van der Waals surface area contributed by atoms with Crippen LogP contribution in [0.5, 0.6) is 0 Å². The SMILES string of the molecule is CCOC(=O)C(CCCC#N)CCCCCCO. The third-order valence-electron chi connectivity index (χ3n) is 2.92. The molecule has 1 N–H and O–H groups in total. The summed E-state index contributed by atoms with van der Waals surface area (Å²) in [5.41, 5.74) is 0. The molecule has 104 valence electrons. The zero-order chi connectivity index (χ0) is 13.6. The summed E-state index contributed by atoms with van der Waals surface area (Å²) < 4.78 is 5.05. The van der Waals surface area contributed by atoms with Crippen LogP contribution in [0.2, 0.25) is 0 Å². The molecule has 0 heterocycles. The summed E-state index contributed by atoms with van der Waals surface area (Å²) >= 11 is 0. The van der Waals surface area contributed by atoms with E-state index in [1.807, 2.05) is 6.92 Å². The molecule has 0 rings (SSSR count). The van der Waals surface area contributed by atoms with Crippen molar-refractivity contribution in [2.24, 2.45) is 5.92 Å². The van der Waals surface area contributed by atoms with Gasteiger partial charge in [0.05, 0.1) is 18.6 Å². The topological polar surface area (TPSA) is 70.3 Å². The van der Waals surface area contributed by atoms with Crippen LogP contribution in [0, 0.1) is 17.2 Å². The second-order valence-corrected chi connectivity index (χ2v) is 4.43. The molecule has 0 aliphatic carbocycles. The van der Waals surface area contributed by atoms with Crippen molar-refractivity contribution < 1.29 is 14.6 Å². The number of aliphatic hydroxyl groups excluding tert-OH is 1. The summed E-state index contributed by atoms with van der Waals surface area (Å²) in [6.45, 7) is 2.47. The molecule has 1 atom stereocenters. The molecule has 0 aliphatic rings. The van der Waals surface area contributed by atoms with Gasteiger partial charge in [-0.2, -0.15) is 5.26 Å². The monoisotopic (exact) mass is 255 g/mol. The number of carbonyl (C=O) groups excluding carboxylic acids is 1. The summed E-state index contributed by atoms with van der Waals surface area (Å²) in [7, 11) is 0. The van der Waals surface area contributed by atoms with Crippen LogP contribution < -0.4 is 0 Å². The van der Waals surface area contributed by atoms with Crippen molar-refractivity contribution in [3.05, 3.63) is 0 Å². The molecule has 0 saturated carbocycles. The molecule has 18 heavy (non-hydrogen) atoms. The quantitative estimate of drug-likeness (QED) is 0.455. The molecule has 0 fully saturated rings. The van der Waals surface area contributed by atoms with Crippen molar-refractivity contribution >= 4 is 5.97 Å². The lowest BCUT2D eigenvalue weighted by molar-refractivity contribution is -0.148. The molecule has 0 radical (unpaired) electrons. The van der Waals surface area contributed by atoms with Crippen molar-refractivity contribution in [1.82, 2.24) is 0 Å². The highest BCUT2D eigenvalue weighted by Gasteiger charge is 2.18. The first-order valence-corrected chi connectivity index (χ1v) is 6.90. The zero-order valence-corrected chi connectivity index (χ0v) is 11.4. The first-order chi connectivity index (χ1) is 8.76. The van der Waals surface area contributed by atoms with Gasteiger partial charge in [0.25, 0.3) is 0 Å². The minimum absolute atomic E-state index is 0.0626. The summed E-state index contributed by atoms with van der Waals surface area (Å²) in [5, 5.41) is 17.2. The molecule has 4 heteroatoms. The summed E-state index contributed by atoms with van der Waals surface area (Å²) in [6.07, 6.45) is 6.69. The van der Waals surface area contributed by atoms with Crippen LogP contribution in [0.25, 0.3) is 0 Å². The van der Waals surface area contributed by atoms with Gasteiger partial charge in [0.15, 0.2) is 0 Å². The Hall–Kier alpha value is -1.08. The Morgan fingerprint density at radius 1 is 1.22 bits per heavy atom. The lowest BCUT2D eigenvalue weighted by atomic mass is 9.95. The number of nitriles is 1. The van der Waals surface area contributed by atoms with Crippen LogP contribution in [-0.2, 0) is 9.53 Å². The van der Waals surface area contributed by atoms with Crippen LogP contribution >= 0.6 is 0 Å². The maximum atomic E-state index is 11.7. The first-order valence-electron chi connectivity index (χ1n) is 6.90. The normalized spacial score (nSPS) is 11.8. The van der Waals surface area contributed by atoms with Crippen LogP contribution in [0.4, 0.5) is 0 Å². The molecule has 0 bridgehead atoms. The molecule has 0 aromatic carbocycles. The van der Waals surface area contributed by atoms with Crippen LogP contribution in [-0.4, -0.2) is 24.3 Å². The van der Waals surface area contributed by atoms with Gasteiger partial charge in [-0.3, -0.25) is 4.79 Å². The number of carbonyl (C=O) groups is 1. The third kappa shape index (κ3) is 9.00. The van der Waals surface area contributed by atoms with E-state index in [1.54, 1.807) is 0 Å². The predicted octanol–water partition coefficient (Wildman–Crippen LogP) is 2.80. The van der Waals surface area contributed by atoms with Crippen molar-refractivity contribution in [2.45, 2.75) is 58.3 Å². The van der Waals surface area contributed by atoms with Crippen molar-refractivity contribution in [2.75, 3.05) is 13.2 Å². The maximum Gasteiger partial charge on any atom is 0.308 e. The van der Waals surface area contributed by atoms with Gasteiger partial charge in [-0.05, 0) is 32.6 Å². The van der Waals surface area contributed by atoms with Crippen LogP contribution in [0.3, 0.4) is 0 Å². The van der Waals surface area contributed by atoms with E-state index in [0.29, 0.717) is 13.0 Å². The highest BCUT2D eigenvalue weighted by atomic mass is 16.5. The molecule has 0 saturated heterocycles. The maximum absolute atomic E-state index is 11.7. The summed E-state index contributed by atoms with van der Waals surface area (Å²) in [5.74, 6) is -0.190. The number of aliphatic hydroxyl groups is 1. The number of hydrogen-bond donors (Lipinski definition) is 1.